The van der Waals surface area contributed by atoms with E-state index in [0.29, 0.717) is 6.71 Å². The van der Waals surface area contributed by atoms with E-state index in [1.807, 2.05) is 0 Å². The molecule has 0 saturated carbocycles. The molecule has 4 heterocycles. The Kier molecular flexibility index (Phi) is 4.97. The third kappa shape index (κ3) is 3.15. The molecule has 0 saturated heterocycles. The molecular formula is C34H29BN2S2. The normalized spacial score (nSPS) is 16.8. The topological polar surface area (TPSA) is 6.48 Å². The summed E-state index contributed by atoms with van der Waals surface area (Å²) in [6, 6.07) is 29.2. The summed E-state index contributed by atoms with van der Waals surface area (Å²) >= 11 is 4.16. The van der Waals surface area contributed by atoms with Crippen molar-refractivity contribution in [3.8, 4) is 0 Å². The average Bonchev–Trinajstić information content (AvgIpc) is 3.57. The fraction of sp³-hybridized carbons (Fsp3) is 0.235. The molecule has 0 N–H and O–H groups in total. The Hall–Kier alpha value is -3.28. The zero-order valence-electron chi connectivity index (χ0n) is 22.0. The van der Waals surface area contributed by atoms with Crippen LogP contribution in [0.4, 0.5) is 32.8 Å². The van der Waals surface area contributed by atoms with Crippen molar-refractivity contribution in [1.29, 1.82) is 0 Å². The minimum absolute atomic E-state index is 0.331. The number of hydrogen-bond donors (Lipinski definition) is 0. The molecule has 0 spiro atoms. The first-order valence-electron chi connectivity index (χ1n) is 14.5. The van der Waals surface area contributed by atoms with Gasteiger partial charge in [0.1, 0.15) is 0 Å². The lowest BCUT2D eigenvalue weighted by Gasteiger charge is -2.42. The maximum atomic E-state index is 2.60. The minimum atomic E-state index is 0.331. The van der Waals surface area contributed by atoms with Gasteiger partial charge in [-0.1, -0.05) is 42.5 Å². The smallest absolute Gasteiger partial charge is 0.255 e. The van der Waals surface area contributed by atoms with Crippen molar-refractivity contribution in [3.63, 3.8) is 0 Å². The number of rotatable bonds is 2. The van der Waals surface area contributed by atoms with Crippen molar-refractivity contribution >= 4 is 78.5 Å². The number of hydrogen-bond acceptors (Lipinski definition) is 4. The lowest BCUT2D eigenvalue weighted by atomic mass is 9.33. The van der Waals surface area contributed by atoms with Crippen LogP contribution < -0.4 is 26.2 Å². The molecular weight excluding hydrogens is 511 g/mol. The highest BCUT2D eigenvalue weighted by Gasteiger charge is 2.48. The first-order valence-corrected chi connectivity index (χ1v) is 16.1. The van der Waals surface area contributed by atoms with Crippen LogP contribution in [0.3, 0.4) is 0 Å². The minimum Gasteiger partial charge on any atom is -0.303 e. The van der Waals surface area contributed by atoms with Gasteiger partial charge in [-0.2, -0.15) is 0 Å². The molecule has 0 fully saturated rings. The summed E-state index contributed by atoms with van der Waals surface area (Å²) in [5.74, 6) is 0. The van der Waals surface area contributed by atoms with E-state index in [4.69, 9.17) is 0 Å². The largest absolute Gasteiger partial charge is 0.303 e. The lowest BCUT2D eigenvalue weighted by molar-refractivity contribution is 0.698. The molecule has 2 aliphatic carbocycles. The fourth-order valence-corrected chi connectivity index (χ4v) is 10.5. The second-order valence-corrected chi connectivity index (χ2v) is 13.5. The zero-order valence-corrected chi connectivity index (χ0v) is 23.6. The van der Waals surface area contributed by atoms with Gasteiger partial charge in [-0.05, 0) is 115 Å². The van der Waals surface area contributed by atoms with E-state index in [1.165, 1.54) is 89.6 Å². The molecule has 2 aliphatic heterocycles. The molecule has 5 heteroatoms. The van der Waals surface area contributed by atoms with E-state index < -0.39 is 0 Å². The van der Waals surface area contributed by atoms with Gasteiger partial charge in [-0.25, -0.2) is 0 Å². The molecule has 0 atom stereocenters. The van der Waals surface area contributed by atoms with Crippen LogP contribution in [0.15, 0.2) is 78.9 Å². The summed E-state index contributed by atoms with van der Waals surface area (Å²) in [6.45, 7) is 0.331. The van der Waals surface area contributed by atoms with Crippen molar-refractivity contribution in [2.24, 2.45) is 0 Å². The molecule has 0 bridgehead atoms. The molecule has 190 valence electrons. The summed E-state index contributed by atoms with van der Waals surface area (Å²) in [7, 11) is 0. The Balaban J connectivity index is 1.41. The first-order chi connectivity index (χ1) is 19.4. The van der Waals surface area contributed by atoms with Crippen LogP contribution in [0.1, 0.15) is 46.6 Å². The van der Waals surface area contributed by atoms with Crippen LogP contribution in [0, 0.1) is 0 Å². The Labute approximate surface area is 238 Å². The van der Waals surface area contributed by atoms with Gasteiger partial charge in [0.15, 0.2) is 0 Å². The van der Waals surface area contributed by atoms with Crippen LogP contribution in [-0.2, 0) is 25.7 Å². The quantitative estimate of drug-likeness (QED) is 0.208. The van der Waals surface area contributed by atoms with Gasteiger partial charge >= 0.3 is 0 Å². The van der Waals surface area contributed by atoms with Gasteiger partial charge in [0, 0.05) is 32.5 Å². The number of para-hydroxylation sites is 2. The molecule has 0 unspecified atom stereocenters. The summed E-state index contributed by atoms with van der Waals surface area (Å²) in [4.78, 5) is 8.47. The molecule has 2 nitrogen and oxygen atoms in total. The highest BCUT2D eigenvalue weighted by molar-refractivity contribution is 7.23. The Morgan fingerprint density at radius 3 is 1.44 bits per heavy atom. The molecule has 39 heavy (non-hydrogen) atoms. The maximum absolute atomic E-state index is 2.60. The average molecular weight is 541 g/mol. The van der Waals surface area contributed by atoms with Crippen molar-refractivity contribution in [2.45, 2.75) is 51.4 Å². The Morgan fingerprint density at radius 1 is 0.487 bits per heavy atom. The first kappa shape index (κ1) is 22.5. The van der Waals surface area contributed by atoms with Crippen LogP contribution in [-0.4, -0.2) is 6.71 Å². The summed E-state index contributed by atoms with van der Waals surface area (Å²) < 4.78 is 0. The van der Waals surface area contributed by atoms with Gasteiger partial charge < -0.3 is 9.80 Å². The van der Waals surface area contributed by atoms with Crippen molar-refractivity contribution in [1.82, 2.24) is 0 Å². The Morgan fingerprint density at radius 2 is 0.949 bits per heavy atom. The summed E-state index contributed by atoms with van der Waals surface area (Å²) in [5.41, 5.74) is 13.3. The second-order valence-electron chi connectivity index (χ2n) is 11.3. The van der Waals surface area contributed by atoms with Gasteiger partial charge in [0.05, 0.1) is 10.0 Å². The summed E-state index contributed by atoms with van der Waals surface area (Å²) in [6.07, 6.45) is 10.2. The van der Waals surface area contributed by atoms with Gasteiger partial charge in [0.25, 0.3) is 6.71 Å². The van der Waals surface area contributed by atoms with Gasteiger partial charge in [-0.3, -0.25) is 0 Å². The highest BCUT2D eigenvalue weighted by atomic mass is 32.1. The van der Waals surface area contributed by atoms with Gasteiger partial charge in [-0.15, -0.1) is 22.7 Å². The monoisotopic (exact) mass is 540 g/mol. The van der Waals surface area contributed by atoms with Crippen LogP contribution in [0.5, 0.6) is 0 Å². The molecule has 4 aliphatic rings. The van der Waals surface area contributed by atoms with Crippen molar-refractivity contribution < 1.29 is 0 Å². The summed E-state index contributed by atoms with van der Waals surface area (Å²) in [5, 5.41) is 2.94. The molecule has 0 amide bonds. The maximum Gasteiger partial charge on any atom is 0.255 e. The van der Waals surface area contributed by atoms with Crippen molar-refractivity contribution in [2.75, 3.05) is 9.80 Å². The number of thiophene rings is 2. The Bertz CT molecular complexity index is 1610. The third-order valence-corrected chi connectivity index (χ3v) is 11.8. The zero-order chi connectivity index (χ0) is 25.5. The third-order valence-electron chi connectivity index (χ3n) is 9.23. The molecule has 5 aromatic rings. The molecule has 0 radical (unpaired) electrons. The molecule has 3 aromatic carbocycles. The van der Waals surface area contributed by atoms with E-state index in [1.54, 1.807) is 31.8 Å². The molecule has 9 rings (SSSR count). The molecule has 2 aromatic heterocycles. The predicted octanol–water partition coefficient (Wildman–Crippen LogP) is 7.65. The number of benzene rings is 3. The second kappa shape index (κ2) is 8.61. The van der Waals surface area contributed by atoms with Crippen LogP contribution >= 0.6 is 22.7 Å². The van der Waals surface area contributed by atoms with E-state index in [0.717, 1.165) is 0 Å². The van der Waals surface area contributed by atoms with Gasteiger partial charge in [0.2, 0.25) is 0 Å². The number of anilines is 6. The van der Waals surface area contributed by atoms with E-state index in [2.05, 4.69) is 111 Å². The lowest BCUT2D eigenvalue weighted by Crippen LogP contribution is -2.62. The van der Waals surface area contributed by atoms with Crippen LogP contribution in [0.2, 0.25) is 0 Å². The fourth-order valence-electron chi connectivity index (χ4n) is 7.62. The SMILES string of the molecule is c1ccc(N2c3cccc4c3B(c3c2sc2c3CCCC2)c2c(sc3c2CCCC3)N4c2ccccc2)cc1. The van der Waals surface area contributed by atoms with E-state index in [9.17, 15) is 0 Å². The number of fused-ring (bicyclic) bond motifs is 8. The number of aryl methyl sites for hydroxylation is 2. The van der Waals surface area contributed by atoms with Crippen LogP contribution in [0.25, 0.3) is 0 Å². The van der Waals surface area contributed by atoms with Crippen molar-refractivity contribution in [3.05, 3.63) is 99.7 Å². The number of nitrogens with zero attached hydrogens (tertiary/aromatic N) is 2. The standard InChI is InChI=1S/C34H29BN2S2/c1-3-12-22(13-4-1)36-26-18-11-19-27-32(26)35(30-24-16-7-9-20-28(24)38-33(30)36)31-25-17-8-10-21-29(25)39-34(31)37(27)23-14-5-2-6-15-23/h1-6,11-15,18-19H,7-10,16-17,20-21H2. The van der Waals surface area contributed by atoms with E-state index >= 15 is 0 Å². The van der Waals surface area contributed by atoms with E-state index in [-0.39, 0.29) is 0 Å². The highest BCUT2D eigenvalue weighted by Crippen LogP contribution is 2.50. The predicted molar refractivity (Wildman–Crippen MR) is 170 cm³/mol.